The summed E-state index contributed by atoms with van der Waals surface area (Å²) in [5.74, 6) is -0.427. The third kappa shape index (κ3) is 3.52. The van der Waals surface area contributed by atoms with Crippen LogP contribution in [0, 0.1) is 10.1 Å². The fourth-order valence-electron chi connectivity index (χ4n) is 2.21. The van der Waals surface area contributed by atoms with Crippen molar-refractivity contribution in [2.24, 2.45) is 0 Å². The summed E-state index contributed by atoms with van der Waals surface area (Å²) in [6, 6.07) is 10.6. The van der Waals surface area contributed by atoms with Gasteiger partial charge in [-0.1, -0.05) is 12.1 Å². The Bertz CT molecular complexity index is 812. The molecule has 0 saturated carbocycles. The molecule has 0 aliphatic carbocycles. The van der Waals surface area contributed by atoms with Crippen molar-refractivity contribution < 1.29 is 24.3 Å². The lowest BCUT2D eigenvalue weighted by atomic mass is 10.0. The Morgan fingerprint density at radius 2 is 1.88 bits per heavy atom. The van der Waals surface area contributed by atoms with E-state index in [1.807, 2.05) is 0 Å². The van der Waals surface area contributed by atoms with E-state index in [0.717, 1.165) is 0 Å². The Balaban J connectivity index is 2.64. The molecular weight excluding hydrogens is 314 g/mol. The van der Waals surface area contributed by atoms with Crippen LogP contribution in [0.5, 0.6) is 11.5 Å². The molecule has 2 aromatic carbocycles. The van der Waals surface area contributed by atoms with Crippen LogP contribution in [0.4, 0.5) is 5.69 Å². The maximum absolute atomic E-state index is 11.7. The zero-order chi connectivity index (χ0) is 17.7. The van der Waals surface area contributed by atoms with Crippen molar-refractivity contribution in [3.63, 3.8) is 0 Å². The number of benzene rings is 2. The second-order valence-electron chi connectivity index (χ2n) is 4.75. The van der Waals surface area contributed by atoms with Crippen LogP contribution in [-0.4, -0.2) is 30.2 Å². The molecule has 0 aliphatic rings. The Labute approximate surface area is 137 Å². The molecule has 0 aliphatic heterocycles. The van der Waals surface area contributed by atoms with Crippen molar-refractivity contribution in [3.05, 3.63) is 63.7 Å². The van der Waals surface area contributed by atoms with Crippen LogP contribution in [-0.2, 0) is 4.79 Å². The lowest BCUT2D eigenvalue weighted by Gasteiger charge is -2.11. The summed E-state index contributed by atoms with van der Waals surface area (Å²) in [4.78, 5) is 22.2. The molecule has 0 saturated heterocycles. The largest absolute Gasteiger partial charge is 0.497 e. The molecule has 0 aromatic heterocycles. The number of ether oxygens (including phenoxy) is 2. The van der Waals surface area contributed by atoms with Gasteiger partial charge in [-0.05, 0) is 24.3 Å². The summed E-state index contributed by atoms with van der Waals surface area (Å²) in [6.45, 7) is 0. The van der Waals surface area contributed by atoms with Gasteiger partial charge in [0.05, 0.1) is 30.3 Å². The lowest BCUT2D eigenvalue weighted by molar-refractivity contribution is -0.385. The molecule has 1 N–H and O–H groups in total. The van der Waals surface area contributed by atoms with Crippen LogP contribution in [0.1, 0.15) is 11.1 Å². The molecule has 0 atom stereocenters. The maximum Gasteiger partial charge on any atom is 0.336 e. The summed E-state index contributed by atoms with van der Waals surface area (Å²) < 4.78 is 10.3. The highest BCUT2D eigenvalue weighted by atomic mass is 16.6. The Morgan fingerprint density at radius 1 is 1.17 bits per heavy atom. The minimum Gasteiger partial charge on any atom is -0.497 e. The molecule has 0 heterocycles. The highest BCUT2D eigenvalue weighted by Crippen LogP contribution is 2.32. The van der Waals surface area contributed by atoms with E-state index in [0.29, 0.717) is 17.1 Å². The fraction of sp³-hybridized carbons (Fsp3) is 0.118. The second kappa shape index (κ2) is 7.28. The van der Waals surface area contributed by atoms with Crippen molar-refractivity contribution in [2.75, 3.05) is 14.2 Å². The van der Waals surface area contributed by atoms with Gasteiger partial charge < -0.3 is 14.6 Å². The Kier molecular flexibility index (Phi) is 5.16. The number of hydrogen-bond acceptors (Lipinski definition) is 5. The summed E-state index contributed by atoms with van der Waals surface area (Å²) in [5, 5.41) is 20.6. The Morgan fingerprint density at radius 3 is 2.46 bits per heavy atom. The third-order valence-corrected chi connectivity index (χ3v) is 3.36. The van der Waals surface area contributed by atoms with Crippen molar-refractivity contribution in [3.8, 4) is 11.5 Å². The van der Waals surface area contributed by atoms with Crippen molar-refractivity contribution >= 4 is 23.3 Å². The minimum absolute atomic E-state index is 0.121. The molecule has 0 fully saturated rings. The minimum atomic E-state index is -1.23. The Hall–Kier alpha value is -3.35. The number of nitro groups is 1. The van der Waals surface area contributed by atoms with E-state index in [-0.39, 0.29) is 16.8 Å². The van der Waals surface area contributed by atoms with Crippen LogP contribution >= 0.6 is 0 Å². The fourth-order valence-corrected chi connectivity index (χ4v) is 2.21. The van der Waals surface area contributed by atoms with Gasteiger partial charge in [0, 0.05) is 17.7 Å². The molecule has 0 bridgehead atoms. The van der Waals surface area contributed by atoms with Gasteiger partial charge in [0.1, 0.15) is 11.5 Å². The normalized spacial score (nSPS) is 11.0. The van der Waals surface area contributed by atoms with E-state index in [1.165, 1.54) is 44.6 Å². The van der Waals surface area contributed by atoms with Gasteiger partial charge in [-0.15, -0.1) is 0 Å². The summed E-state index contributed by atoms with van der Waals surface area (Å²) in [7, 11) is 2.89. The SMILES string of the molecule is COc1ccc(/C(=C/c2ccccc2[N+](=O)[O-])C(=O)O)c(OC)c1. The first-order valence-electron chi connectivity index (χ1n) is 6.88. The zero-order valence-electron chi connectivity index (χ0n) is 13.1. The van der Waals surface area contributed by atoms with Crippen LogP contribution < -0.4 is 9.47 Å². The monoisotopic (exact) mass is 329 g/mol. The van der Waals surface area contributed by atoms with E-state index in [1.54, 1.807) is 18.2 Å². The van der Waals surface area contributed by atoms with E-state index >= 15 is 0 Å². The quantitative estimate of drug-likeness (QED) is 0.378. The highest BCUT2D eigenvalue weighted by Gasteiger charge is 2.19. The topological polar surface area (TPSA) is 98.9 Å². The van der Waals surface area contributed by atoms with Gasteiger partial charge in [-0.25, -0.2) is 4.79 Å². The predicted octanol–water partition coefficient (Wildman–Crippen LogP) is 3.24. The average Bonchev–Trinajstić information content (AvgIpc) is 2.59. The number of nitro benzene ring substituents is 1. The van der Waals surface area contributed by atoms with E-state index < -0.39 is 10.9 Å². The summed E-state index contributed by atoms with van der Waals surface area (Å²) >= 11 is 0. The van der Waals surface area contributed by atoms with E-state index in [2.05, 4.69) is 0 Å². The number of rotatable bonds is 6. The number of nitrogens with zero attached hydrogens (tertiary/aromatic N) is 1. The van der Waals surface area contributed by atoms with Gasteiger partial charge in [0.25, 0.3) is 5.69 Å². The first-order chi connectivity index (χ1) is 11.5. The van der Waals surface area contributed by atoms with Crippen molar-refractivity contribution in [1.82, 2.24) is 0 Å². The first-order valence-corrected chi connectivity index (χ1v) is 6.88. The molecule has 2 aromatic rings. The number of methoxy groups -OCH3 is 2. The van der Waals surface area contributed by atoms with Crippen molar-refractivity contribution in [1.29, 1.82) is 0 Å². The van der Waals surface area contributed by atoms with Gasteiger partial charge in [-0.3, -0.25) is 10.1 Å². The van der Waals surface area contributed by atoms with Crippen molar-refractivity contribution in [2.45, 2.75) is 0 Å². The molecule has 7 nitrogen and oxygen atoms in total. The number of carboxylic acid groups (broad SMARTS) is 1. The van der Waals surface area contributed by atoms with E-state index in [9.17, 15) is 20.0 Å². The zero-order valence-corrected chi connectivity index (χ0v) is 13.1. The molecule has 0 radical (unpaired) electrons. The predicted molar refractivity (Wildman–Crippen MR) is 88.1 cm³/mol. The molecule has 7 heteroatoms. The van der Waals surface area contributed by atoms with Crippen LogP contribution in [0.2, 0.25) is 0 Å². The van der Waals surface area contributed by atoms with Crippen LogP contribution in [0.25, 0.3) is 11.6 Å². The number of aliphatic carboxylic acids is 1. The molecule has 24 heavy (non-hydrogen) atoms. The lowest BCUT2D eigenvalue weighted by Crippen LogP contribution is -2.03. The van der Waals surface area contributed by atoms with Gasteiger partial charge in [-0.2, -0.15) is 0 Å². The molecule has 0 spiro atoms. The van der Waals surface area contributed by atoms with Gasteiger partial charge in [0.2, 0.25) is 0 Å². The number of hydrogen-bond donors (Lipinski definition) is 1. The molecular formula is C17H15NO6. The number of carboxylic acids is 1. The second-order valence-corrected chi connectivity index (χ2v) is 4.75. The van der Waals surface area contributed by atoms with Crippen LogP contribution in [0.15, 0.2) is 42.5 Å². The maximum atomic E-state index is 11.7. The number of para-hydroxylation sites is 1. The van der Waals surface area contributed by atoms with Gasteiger partial charge >= 0.3 is 5.97 Å². The third-order valence-electron chi connectivity index (χ3n) is 3.36. The first kappa shape index (κ1) is 17.0. The van der Waals surface area contributed by atoms with Gasteiger partial charge in [0.15, 0.2) is 0 Å². The molecule has 0 amide bonds. The smallest absolute Gasteiger partial charge is 0.336 e. The standard InChI is InChI=1S/C17H15NO6/c1-23-12-7-8-13(16(10-12)24-2)14(17(19)20)9-11-5-3-4-6-15(11)18(21)22/h3-10H,1-2H3,(H,19,20)/b14-9-. The summed E-state index contributed by atoms with van der Waals surface area (Å²) in [6.07, 6.45) is 1.25. The molecule has 0 unspecified atom stereocenters. The highest BCUT2D eigenvalue weighted by molar-refractivity contribution is 6.21. The molecule has 124 valence electrons. The number of carbonyl (C=O) groups is 1. The average molecular weight is 329 g/mol. The molecule has 2 rings (SSSR count). The van der Waals surface area contributed by atoms with Crippen LogP contribution in [0.3, 0.4) is 0 Å². The van der Waals surface area contributed by atoms with E-state index in [4.69, 9.17) is 9.47 Å². The summed E-state index contributed by atoms with van der Waals surface area (Å²) in [5.41, 5.74) is 0.189.